The summed E-state index contributed by atoms with van der Waals surface area (Å²) in [6, 6.07) is 7.19. The number of hydrogen-bond donors (Lipinski definition) is 0. The van der Waals surface area contributed by atoms with E-state index < -0.39 is 23.3 Å². The third-order valence-electron chi connectivity index (χ3n) is 3.04. The fourth-order valence-electron chi connectivity index (χ4n) is 1.85. The van der Waals surface area contributed by atoms with Crippen LogP contribution >= 0.6 is 0 Å². The molecule has 0 spiro atoms. The first-order valence-electron chi connectivity index (χ1n) is 5.91. The number of aromatic nitrogens is 1. The van der Waals surface area contributed by atoms with Gasteiger partial charge in [0.1, 0.15) is 11.6 Å². The van der Waals surface area contributed by atoms with Crippen molar-refractivity contribution in [2.24, 2.45) is 0 Å². The van der Waals surface area contributed by atoms with Gasteiger partial charge in [0.05, 0.1) is 17.2 Å². The summed E-state index contributed by atoms with van der Waals surface area (Å²) in [6.07, 6.45) is 1.57. The Labute approximate surface area is 110 Å². The molecule has 0 saturated carbocycles. The average Bonchev–Trinajstić information content (AvgIpc) is 2.42. The molecule has 0 fully saturated rings. The fourth-order valence-corrected chi connectivity index (χ4v) is 1.85. The number of nitrogens with zero attached hydrogens (tertiary/aromatic N) is 1. The maximum Gasteiger partial charge on any atom is 0.174 e. The molecular formula is C15H13F2NO. The Morgan fingerprint density at radius 2 is 1.95 bits per heavy atom. The molecule has 1 heterocycles. The van der Waals surface area contributed by atoms with Crippen molar-refractivity contribution in [2.75, 3.05) is 0 Å². The Kier molecular flexibility index (Phi) is 3.69. The number of Topliss-reactive ketones (excluding diaryl/α,β-unsaturated/α-hetero) is 1. The molecule has 0 saturated heterocycles. The van der Waals surface area contributed by atoms with Gasteiger partial charge in [-0.15, -0.1) is 0 Å². The van der Waals surface area contributed by atoms with Gasteiger partial charge in [-0.25, -0.2) is 8.78 Å². The third-order valence-corrected chi connectivity index (χ3v) is 3.04. The Morgan fingerprint density at radius 3 is 2.58 bits per heavy atom. The maximum atomic E-state index is 13.7. The number of rotatable bonds is 3. The highest BCUT2D eigenvalue weighted by Gasteiger charge is 2.22. The SMILES string of the molecule is Cc1cc(C(=O)C(C)c2ccccn2)c(F)cc1F. The van der Waals surface area contributed by atoms with E-state index in [1.165, 1.54) is 13.0 Å². The number of ketones is 1. The monoisotopic (exact) mass is 261 g/mol. The molecule has 1 aromatic carbocycles. The number of pyridine rings is 1. The Morgan fingerprint density at radius 1 is 1.21 bits per heavy atom. The molecule has 0 N–H and O–H groups in total. The summed E-state index contributed by atoms with van der Waals surface area (Å²) in [5, 5.41) is 0. The van der Waals surface area contributed by atoms with Crippen molar-refractivity contribution in [3.05, 3.63) is 65.0 Å². The summed E-state index contributed by atoms with van der Waals surface area (Å²) in [5.41, 5.74) is 0.712. The molecule has 0 bridgehead atoms. The number of hydrogen-bond acceptors (Lipinski definition) is 2. The van der Waals surface area contributed by atoms with E-state index in [-0.39, 0.29) is 11.1 Å². The lowest BCUT2D eigenvalue weighted by molar-refractivity contribution is 0.0960. The van der Waals surface area contributed by atoms with Gasteiger partial charge in [0.25, 0.3) is 0 Å². The molecule has 19 heavy (non-hydrogen) atoms. The van der Waals surface area contributed by atoms with E-state index in [1.54, 1.807) is 31.3 Å². The zero-order valence-corrected chi connectivity index (χ0v) is 10.7. The van der Waals surface area contributed by atoms with E-state index in [0.29, 0.717) is 5.69 Å². The van der Waals surface area contributed by atoms with Crippen LogP contribution in [0.3, 0.4) is 0 Å². The van der Waals surface area contributed by atoms with E-state index in [1.807, 2.05) is 0 Å². The van der Waals surface area contributed by atoms with Crippen molar-refractivity contribution in [1.29, 1.82) is 0 Å². The highest BCUT2D eigenvalue weighted by molar-refractivity contribution is 6.00. The van der Waals surface area contributed by atoms with E-state index in [2.05, 4.69) is 4.98 Å². The van der Waals surface area contributed by atoms with Crippen molar-refractivity contribution >= 4 is 5.78 Å². The van der Waals surface area contributed by atoms with Gasteiger partial charge in [0.15, 0.2) is 5.78 Å². The minimum absolute atomic E-state index is 0.1000. The first-order valence-corrected chi connectivity index (χ1v) is 5.91. The molecular weight excluding hydrogens is 248 g/mol. The summed E-state index contributed by atoms with van der Waals surface area (Å²) in [4.78, 5) is 16.3. The van der Waals surface area contributed by atoms with Crippen molar-refractivity contribution in [3.8, 4) is 0 Å². The number of halogens is 2. The van der Waals surface area contributed by atoms with Crippen LogP contribution in [0.4, 0.5) is 8.78 Å². The van der Waals surface area contributed by atoms with Crippen molar-refractivity contribution in [1.82, 2.24) is 4.98 Å². The molecule has 0 aliphatic carbocycles. The van der Waals surface area contributed by atoms with Crippen molar-refractivity contribution in [3.63, 3.8) is 0 Å². The van der Waals surface area contributed by atoms with Gasteiger partial charge in [0.2, 0.25) is 0 Å². The second kappa shape index (κ2) is 5.26. The molecule has 0 radical (unpaired) electrons. The van der Waals surface area contributed by atoms with Crippen LogP contribution in [0.5, 0.6) is 0 Å². The molecule has 2 aromatic rings. The molecule has 2 rings (SSSR count). The predicted molar refractivity (Wildman–Crippen MR) is 68.1 cm³/mol. The molecule has 98 valence electrons. The largest absolute Gasteiger partial charge is 0.293 e. The minimum Gasteiger partial charge on any atom is -0.293 e. The second-order valence-corrected chi connectivity index (χ2v) is 4.42. The Bertz CT molecular complexity index is 611. The topological polar surface area (TPSA) is 30.0 Å². The van der Waals surface area contributed by atoms with Crippen LogP contribution in [0.2, 0.25) is 0 Å². The smallest absolute Gasteiger partial charge is 0.174 e. The van der Waals surface area contributed by atoms with Crippen LogP contribution in [-0.2, 0) is 0 Å². The number of aryl methyl sites for hydroxylation is 1. The predicted octanol–water partition coefficient (Wildman–Crippen LogP) is 3.65. The fraction of sp³-hybridized carbons (Fsp3) is 0.200. The van der Waals surface area contributed by atoms with E-state index in [4.69, 9.17) is 0 Å². The summed E-state index contributed by atoms with van der Waals surface area (Å²) in [6.45, 7) is 3.15. The summed E-state index contributed by atoms with van der Waals surface area (Å²) < 4.78 is 26.9. The van der Waals surface area contributed by atoms with Crippen LogP contribution in [0.1, 0.15) is 34.5 Å². The summed E-state index contributed by atoms with van der Waals surface area (Å²) >= 11 is 0. The van der Waals surface area contributed by atoms with Crippen molar-refractivity contribution in [2.45, 2.75) is 19.8 Å². The first kappa shape index (κ1) is 13.3. The lowest BCUT2D eigenvalue weighted by Gasteiger charge is -2.11. The van der Waals surface area contributed by atoms with Crippen LogP contribution in [-0.4, -0.2) is 10.8 Å². The van der Waals surface area contributed by atoms with Gasteiger partial charge in [0, 0.05) is 12.3 Å². The van der Waals surface area contributed by atoms with E-state index in [0.717, 1.165) is 6.07 Å². The number of carbonyl (C=O) groups excluding carboxylic acids is 1. The first-order chi connectivity index (χ1) is 9.00. The van der Waals surface area contributed by atoms with Crippen LogP contribution in [0, 0.1) is 18.6 Å². The lowest BCUT2D eigenvalue weighted by Crippen LogP contribution is -2.13. The Balaban J connectivity index is 2.37. The molecule has 0 aliphatic heterocycles. The highest BCUT2D eigenvalue weighted by atomic mass is 19.1. The summed E-state index contributed by atoms with van der Waals surface area (Å²) in [7, 11) is 0. The number of carbonyl (C=O) groups is 1. The lowest BCUT2D eigenvalue weighted by atomic mass is 9.94. The molecule has 0 amide bonds. The van der Waals surface area contributed by atoms with Gasteiger partial charge >= 0.3 is 0 Å². The normalized spacial score (nSPS) is 12.2. The van der Waals surface area contributed by atoms with Gasteiger partial charge in [-0.2, -0.15) is 0 Å². The van der Waals surface area contributed by atoms with Gasteiger partial charge < -0.3 is 0 Å². The molecule has 2 nitrogen and oxygen atoms in total. The van der Waals surface area contributed by atoms with Crippen LogP contribution < -0.4 is 0 Å². The van der Waals surface area contributed by atoms with Gasteiger partial charge in [-0.3, -0.25) is 9.78 Å². The van der Waals surface area contributed by atoms with E-state index >= 15 is 0 Å². The maximum absolute atomic E-state index is 13.7. The molecule has 0 aliphatic rings. The zero-order chi connectivity index (χ0) is 14.0. The summed E-state index contributed by atoms with van der Waals surface area (Å²) in [5.74, 6) is -2.46. The van der Waals surface area contributed by atoms with E-state index in [9.17, 15) is 13.6 Å². The average molecular weight is 261 g/mol. The standard InChI is InChI=1S/C15H13F2NO/c1-9-7-11(13(17)8-12(9)16)15(19)10(2)14-5-3-4-6-18-14/h3-8,10H,1-2H3. The van der Waals surface area contributed by atoms with Crippen LogP contribution in [0.15, 0.2) is 36.5 Å². The second-order valence-electron chi connectivity index (χ2n) is 4.42. The minimum atomic E-state index is -0.837. The quantitative estimate of drug-likeness (QED) is 0.789. The third kappa shape index (κ3) is 2.67. The highest BCUT2D eigenvalue weighted by Crippen LogP contribution is 2.22. The van der Waals surface area contributed by atoms with Gasteiger partial charge in [-0.05, 0) is 37.6 Å². The number of benzene rings is 1. The molecule has 1 atom stereocenters. The van der Waals surface area contributed by atoms with Crippen molar-refractivity contribution < 1.29 is 13.6 Å². The zero-order valence-electron chi connectivity index (χ0n) is 10.7. The van der Waals surface area contributed by atoms with Gasteiger partial charge in [-0.1, -0.05) is 6.07 Å². The molecule has 4 heteroatoms. The molecule has 1 aromatic heterocycles. The molecule has 1 unspecified atom stereocenters. The Hall–Kier alpha value is -2.10. The van der Waals surface area contributed by atoms with Crippen LogP contribution in [0.25, 0.3) is 0 Å².